The van der Waals surface area contributed by atoms with Crippen LogP contribution in [0.1, 0.15) is 23.2 Å². The summed E-state index contributed by atoms with van der Waals surface area (Å²) in [7, 11) is 2.12. The number of aromatic nitrogens is 1. The molecule has 0 saturated carbocycles. The second kappa shape index (κ2) is 5.58. The van der Waals surface area contributed by atoms with Gasteiger partial charge in [0.25, 0.3) is 5.91 Å². The molecule has 0 radical (unpaired) electrons. The van der Waals surface area contributed by atoms with Crippen LogP contribution in [0.2, 0.25) is 0 Å². The third-order valence-electron chi connectivity index (χ3n) is 3.95. The first kappa shape index (κ1) is 13.6. The molecular weight excluding hydrogens is 318 g/mol. The van der Waals surface area contributed by atoms with E-state index < -0.39 is 0 Å². The van der Waals surface area contributed by atoms with Crippen LogP contribution in [0.3, 0.4) is 0 Å². The van der Waals surface area contributed by atoms with E-state index in [0.717, 1.165) is 41.3 Å². The topological polar surface area (TPSA) is 48.1 Å². The molecule has 2 aromatic rings. The molecule has 0 unspecified atom stereocenters. The monoisotopic (exact) mass is 335 g/mol. The normalized spacial score (nSPS) is 17.5. The highest BCUT2D eigenvalue weighted by atomic mass is 79.9. The minimum Gasteiger partial charge on any atom is -0.360 e. The van der Waals surface area contributed by atoms with Crippen molar-refractivity contribution >= 4 is 32.7 Å². The fraction of sp³-hybridized carbons (Fsp3) is 0.400. The average Bonchev–Trinajstić information content (AvgIpc) is 2.87. The molecule has 20 heavy (non-hydrogen) atoms. The van der Waals surface area contributed by atoms with E-state index in [4.69, 9.17) is 0 Å². The summed E-state index contributed by atoms with van der Waals surface area (Å²) in [6.45, 7) is 2.09. The molecule has 1 saturated heterocycles. The largest absolute Gasteiger partial charge is 0.360 e. The van der Waals surface area contributed by atoms with Gasteiger partial charge in [0.05, 0.1) is 5.56 Å². The molecule has 0 bridgehead atoms. The van der Waals surface area contributed by atoms with Gasteiger partial charge < -0.3 is 15.2 Å². The van der Waals surface area contributed by atoms with E-state index in [2.05, 4.69) is 38.2 Å². The number of nitrogens with one attached hydrogen (secondary N) is 2. The van der Waals surface area contributed by atoms with Gasteiger partial charge in [0.1, 0.15) is 0 Å². The highest BCUT2D eigenvalue weighted by Gasteiger charge is 2.21. The Morgan fingerprint density at radius 1 is 1.40 bits per heavy atom. The van der Waals surface area contributed by atoms with Crippen LogP contribution in [-0.2, 0) is 0 Å². The van der Waals surface area contributed by atoms with Crippen molar-refractivity contribution < 1.29 is 4.79 Å². The van der Waals surface area contributed by atoms with E-state index in [9.17, 15) is 4.79 Å². The van der Waals surface area contributed by atoms with Gasteiger partial charge in [-0.25, -0.2) is 0 Å². The maximum atomic E-state index is 12.5. The number of rotatable bonds is 2. The molecule has 1 aliphatic heterocycles. The lowest BCUT2D eigenvalue weighted by molar-refractivity contribution is 0.0918. The van der Waals surface area contributed by atoms with E-state index in [-0.39, 0.29) is 11.9 Å². The third-order valence-corrected chi connectivity index (χ3v) is 4.61. The molecule has 5 heteroatoms. The van der Waals surface area contributed by atoms with Gasteiger partial charge in [-0.2, -0.15) is 0 Å². The fourth-order valence-electron chi connectivity index (χ4n) is 2.74. The van der Waals surface area contributed by atoms with Gasteiger partial charge in [0, 0.05) is 27.6 Å². The van der Waals surface area contributed by atoms with Crippen molar-refractivity contribution in [2.45, 2.75) is 18.9 Å². The Kier molecular flexibility index (Phi) is 3.81. The standard InChI is InChI=1S/C15H18BrN3O/c1-19-7-5-10(6-8-19)18-15(20)11-9-17-13-4-2-3-12(16)14(11)13/h2-4,9-10,17H,5-8H2,1H3,(H,18,20). The number of carbonyl (C=O) groups is 1. The Balaban J connectivity index is 1.79. The number of piperidine rings is 1. The lowest BCUT2D eigenvalue weighted by atomic mass is 10.0. The second-order valence-electron chi connectivity index (χ2n) is 5.42. The Morgan fingerprint density at radius 3 is 2.90 bits per heavy atom. The minimum atomic E-state index is 0.0118. The summed E-state index contributed by atoms with van der Waals surface area (Å²) in [5.74, 6) is 0.0118. The van der Waals surface area contributed by atoms with Crippen molar-refractivity contribution in [3.05, 3.63) is 34.4 Å². The molecule has 2 N–H and O–H groups in total. The number of hydrogen-bond donors (Lipinski definition) is 2. The summed E-state index contributed by atoms with van der Waals surface area (Å²) in [5, 5.41) is 4.11. The quantitative estimate of drug-likeness (QED) is 0.886. The predicted molar refractivity (Wildman–Crippen MR) is 84.0 cm³/mol. The van der Waals surface area contributed by atoms with Gasteiger partial charge >= 0.3 is 0 Å². The molecule has 1 aromatic heterocycles. The maximum absolute atomic E-state index is 12.5. The van der Waals surface area contributed by atoms with Crippen molar-refractivity contribution in [1.29, 1.82) is 0 Å². The summed E-state index contributed by atoms with van der Waals surface area (Å²) in [6, 6.07) is 6.18. The van der Waals surface area contributed by atoms with Crippen LogP contribution in [0.5, 0.6) is 0 Å². The van der Waals surface area contributed by atoms with Gasteiger partial charge in [-0.1, -0.05) is 22.0 Å². The summed E-state index contributed by atoms with van der Waals surface area (Å²) in [6.07, 6.45) is 3.83. The molecule has 0 spiro atoms. The summed E-state index contributed by atoms with van der Waals surface area (Å²) in [4.78, 5) is 17.9. The van der Waals surface area contributed by atoms with Crippen molar-refractivity contribution in [1.82, 2.24) is 15.2 Å². The zero-order valence-electron chi connectivity index (χ0n) is 11.4. The number of benzene rings is 1. The predicted octanol–water partition coefficient (Wildman–Crippen LogP) is 2.75. The summed E-state index contributed by atoms with van der Waals surface area (Å²) in [5.41, 5.74) is 1.69. The van der Waals surface area contributed by atoms with E-state index in [0.29, 0.717) is 5.56 Å². The zero-order chi connectivity index (χ0) is 14.1. The van der Waals surface area contributed by atoms with Crippen molar-refractivity contribution in [3.8, 4) is 0 Å². The molecule has 1 amide bonds. The van der Waals surface area contributed by atoms with Crippen LogP contribution < -0.4 is 5.32 Å². The molecule has 4 nitrogen and oxygen atoms in total. The number of nitrogens with zero attached hydrogens (tertiary/aromatic N) is 1. The van der Waals surface area contributed by atoms with E-state index in [1.807, 2.05) is 18.2 Å². The lowest BCUT2D eigenvalue weighted by Gasteiger charge is -2.29. The fourth-order valence-corrected chi connectivity index (χ4v) is 3.32. The molecule has 1 aromatic carbocycles. The molecular formula is C15H18BrN3O. The number of carbonyl (C=O) groups excluding carboxylic acids is 1. The van der Waals surface area contributed by atoms with Crippen LogP contribution in [0, 0.1) is 0 Å². The zero-order valence-corrected chi connectivity index (χ0v) is 13.0. The van der Waals surface area contributed by atoms with Crippen LogP contribution in [0.15, 0.2) is 28.9 Å². The molecule has 0 atom stereocenters. The van der Waals surface area contributed by atoms with Gasteiger partial charge in [0.15, 0.2) is 0 Å². The average molecular weight is 336 g/mol. The van der Waals surface area contributed by atoms with Gasteiger partial charge in [0.2, 0.25) is 0 Å². The Hall–Kier alpha value is -1.33. The number of fused-ring (bicyclic) bond motifs is 1. The first-order valence-corrected chi connectivity index (χ1v) is 7.69. The molecule has 106 valence electrons. The number of aromatic amines is 1. The van der Waals surface area contributed by atoms with Crippen LogP contribution in [0.25, 0.3) is 10.9 Å². The third kappa shape index (κ3) is 2.60. The number of amides is 1. The van der Waals surface area contributed by atoms with E-state index in [1.54, 1.807) is 6.20 Å². The Morgan fingerprint density at radius 2 is 2.15 bits per heavy atom. The SMILES string of the molecule is CN1CCC(NC(=O)c2c[nH]c3cccc(Br)c23)CC1. The summed E-state index contributed by atoms with van der Waals surface area (Å²) >= 11 is 3.52. The highest BCUT2D eigenvalue weighted by molar-refractivity contribution is 9.10. The molecule has 2 heterocycles. The highest BCUT2D eigenvalue weighted by Crippen LogP contribution is 2.27. The number of H-pyrrole nitrogens is 1. The summed E-state index contributed by atoms with van der Waals surface area (Å²) < 4.78 is 0.949. The first-order valence-electron chi connectivity index (χ1n) is 6.90. The first-order chi connectivity index (χ1) is 9.65. The van der Waals surface area contributed by atoms with Crippen molar-refractivity contribution in [2.24, 2.45) is 0 Å². The van der Waals surface area contributed by atoms with E-state index in [1.165, 1.54) is 0 Å². The number of halogens is 1. The maximum Gasteiger partial charge on any atom is 0.253 e. The number of hydrogen-bond acceptors (Lipinski definition) is 2. The van der Waals surface area contributed by atoms with Crippen LogP contribution >= 0.6 is 15.9 Å². The number of likely N-dealkylation sites (tertiary alicyclic amines) is 1. The molecule has 3 rings (SSSR count). The van der Waals surface area contributed by atoms with Gasteiger partial charge in [-0.05, 0) is 45.1 Å². The molecule has 0 aliphatic carbocycles. The van der Waals surface area contributed by atoms with Crippen LogP contribution in [0.4, 0.5) is 0 Å². The van der Waals surface area contributed by atoms with Crippen molar-refractivity contribution in [3.63, 3.8) is 0 Å². The smallest absolute Gasteiger partial charge is 0.253 e. The minimum absolute atomic E-state index is 0.0118. The van der Waals surface area contributed by atoms with Gasteiger partial charge in [-0.15, -0.1) is 0 Å². The second-order valence-corrected chi connectivity index (χ2v) is 6.27. The van der Waals surface area contributed by atoms with E-state index >= 15 is 0 Å². The van der Waals surface area contributed by atoms with Crippen molar-refractivity contribution in [2.75, 3.05) is 20.1 Å². The van der Waals surface area contributed by atoms with Gasteiger partial charge in [-0.3, -0.25) is 4.79 Å². The Labute approximate surface area is 126 Å². The molecule has 1 aliphatic rings. The van der Waals surface area contributed by atoms with Crippen LogP contribution in [-0.4, -0.2) is 42.0 Å². The lowest BCUT2D eigenvalue weighted by Crippen LogP contribution is -2.43. The molecule has 1 fully saturated rings. The Bertz CT molecular complexity index is 629.